The van der Waals surface area contributed by atoms with Gasteiger partial charge in [0.2, 0.25) is 5.91 Å². The van der Waals surface area contributed by atoms with Gasteiger partial charge in [-0.05, 0) is 44.0 Å². The fraction of sp³-hybridized carbons (Fsp3) is 0.385. The van der Waals surface area contributed by atoms with Gasteiger partial charge in [0, 0.05) is 10.7 Å². The Balaban J connectivity index is 2.97. The van der Waals surface area contributed by atoms with E-state index in [1.165, 1.54) is 0 Å². The number of rotatable bonds is 4. The zero-order valence-electron chi connectivity index (χ0n) is 10.7. The lowest BCUT2D eigenvalue weighted by Gasteiger charge is -2.25. The number of amides is 1. The summed E-state index contributed by atoms with van der Waals surface area (Å²) < 4.78 is 0. The Morgan fingerprint density at radius 1 is 1.56 bits per heavy atom. The number of benzene rings is 1. The van der Waals surface area contributed by atoms with Crippen molar-refractivity contribution in [2.24, 2.45) is 11.1 Å². The van der Waals surface area contributed by atoms with Crippen LogP contribution in [0.3, 0.4) is 0 Å². The van der Waals surface area contributed by atoms with Crippen LogP contribution in [0.5, 0.6) is 0 Å². The Kier molecular flexibility index (Phi) is 4.71. The lowest BCUT2D eigenvalue weighted by molar-refractivity contribution is -0.121. The molecule has 1 amide bonds. The molecular formula is C13H17ClN2OS. The van der Waals surface area contributed by atoms with Crippen molar-refractivity contribution in [1.29, 1.82) is 0 Å². The summed E-state index contributed by atoms with van der Waals surface area (Å²) in [6.45, 7) is 5.51. The first-order chi connectivity index (χ1) is 8.31. The van der Waals surface area contributed by atoms with Gasteiger partial charge in [-0.2, -0.15) is 0 Å². The molecule has 1 atom stereocenters. The van der Waals surface area contributed by atoms with Crippen molar-refractivity contribution < 1.29 is 4.79 Å². The van der Waals surface area contributed by atoms with E-state index in [1.807, 2.05) is 13.8 Å². The Morgan fingerprint density at radius 3 is 2.61 bits per heavy atom. The lowest BCUT2D eigenvalue weighted by Crippen LogP contribution is -2.43. The van der Waals surface area contributed by atoms with Crippen LogP contribution in [0, 0.1) is 12.3 Å². The summed E-state index contributed by atoms with van der Waals surface area (Å²) in [6.07, 6.45) is 0.556. The van der Waals surface area contributed by atoms with Gasteiger partial charge < -0.3 is 11.1 Å². The number of halogens is 1. The number of anilines is 1. The first kappa shape index (κ1) is 14.9. The molecule has 0 heterocycles. The predicted molar refractivity (Wildman–Crippen MR) is 80.0 cm³/mol. The first-order valence-electron chi connectivity index (χ1n) is 5.68. The minimum absolute atomic E-state index is 0.192. The van der Waals surface area contributed by atoms with Gasteiger partial charge in [0.1, 0.15) is 0 Å². The fourth-order valence-electron chi connectivity index (χ4n) is 1.47. The molecule has 0 saturated carbocycles. The summed E-state index contributed by atoms with van der Waals surface area (Å²) in [5.74, 6) is -0.192. The quantitative estimate of drug-likeness (QED) is 0.834. The molecule has 1 aromatic rings. The van der Waals surface area contributed by atoms with E-state index in [4.69, 9.17) is 29.6 Å². The Labute approximate surface area is 118 Å². The maximum absolute atomic E-state index is 12.2. The molecule has 5 heteroatoms. The van der Waals surface area contributed by atoms with E-state index in [9.17, 15) is 4.79 Å². The first-order valence-corrected chi connectivity index (χ1v) is 6.47. The number of hydrogen-bond acceptors (Lipinski definition) is 2. The van der Waals surface area contributed by atoms with Crippen molar-refractivity contribution in [2.45, 2.75) is 27.2 Å². The fourth-order valence-corrected chi connectivity index (χ4v) is 1.94. The smallest absolute Gasteiger partial charge is 0.237 e. The molecule has 0 fully saturated rings. The second-order valence-corrected chi connectivity index (χ2v) is 5.34. The van der Waals surface area contributed by atoms with Gasteiger partial charge in [-0.1, -0.05) is 30.7 Å². The van der Waals surface area contributed by atoms with Crippen molar-refractivity contribution in [2.75, 3.05) is 5.32 Å². The van der Waals surface area contributed by atoms with Gasteiger partial charge in [-0.3, -0.25) is 4.79 Å². The zero-order valence-corrected chi connectivity index (χ0v) is 12.3. The van der Waals surface area contributed by atoms with Crippen LogP contribution in [-0.2, 0) is 4.79 Å². The highest BCUT2D eigenvalue weighted by Crippen LogP contribution is 2.26. The molecule has 3 N–H and O–H groups in total. The highest BCUT2D eigenvalue weighted by atomic mass is 35.5. The average Bonchev–Trinajstić information content (AvgIpc) is 2.31. The summed E-state index contributed by atoms with van der Waals surface area (Å²) in [5.41, 5.74) is 6.44. The van der Waals surface area contributed by atoms with Crippen LogP contribution in [0.1, 0.15) is 25.8 Å². The number of aryl methyl sites for hydroxylation is 1. The third kappa shape index (κ3) is 3.00. The van der Waals surface area contributed by atoms with Crippen LogP contribution in [0.15, 0.2) is 18.2 Å². The molecule has 0 bridgehead atoms. The van der Waals surface area contributed by atoms with E-state index in [-0.39, 0.29) is 10.9 Å². The van der Waals surface area contributed by atoms with Crippen molar-refractivity contribution in [3.8, 4) is 0 Å². The summed E-state index contributed by atoms with van der Waals surface area (Å²) in [5, 5.41) is 3.48. The molecule has 0 aliphatic rings. The van der Waals surface area contributed by atoms with Crippen LogP contribution in [0.25, 0.3) is 0 Å². The van der Waals surface area contributed by atoms with E-state index in [0.29, 0.717) is 11.4 Å². The van der Waals surface area contributed by atoms with Gasteiger partial charge in [-0.25, -0.2) is 0 Å². The summed E-state index contributed by atoms with van der Waals surface area (Å²) >= 11 is 10.8. The Hall–Kier alpha value is -1.13. The Morgan fingerprint density at radius 2 is 2.17 bits per heavy atom. The van der Waals surface area contributed by atoms with Gasteiger partial charge >= 0.3 is 0 Å². The average molecular weight is 285 g/mol. The minimum Gasteiger partial charge on any atom is -0.392 e. The van der Waals surface area contributed by atoms with Gasteiger partial charge in [0.15, 0.2) is 0 Å². The molecule has 0 radical (unpaired) electrons. The molecule has 18 heavy (non-hydrogen) atoms. The standard InChI is InChI=1S/C13H17ClN2OS/c1-4-13(3,11(15)18)12(17)16-10-6-5-9(14)7-8(10)2/h5-7H,4H2,1-3H3,(H2,15,18)(H,16,17). The van der Waals surface area contributed by atoms with E-state index in [2.05, 4.69) is 5.32 Å². The molecule has 0 spiro atoms. The molecule has 0 aromatic heterocycles. The largest absolute Gasteiger partial charge is 0.392 e. The topological polar surface area (TPSA) is 55.1 Å². The Bertz CT molecular complexity index is 490. The summed E-state index contributed by atoms with van der Waals surface area (Å²) in [4.78, 5) is 12.4. The van der Waals surface area contributed by atoms with Crippen molar-refractivity contribution in [1.82, 2.24) is 0 Å². The third-order valence-electron chi connectivity index (χ3n) is 3.19. The maximum atomic E-state index is 12.2. The number of nitrogens with one attached hydrogen (secondary N) is 1. The molecule has 98 valence electrons. The number of carbonyl (C=O) groups excluding carboxylic acids is 1. The molecular weight excluding hydrogens is 268 g/mol. The van der Waals surface area contributed by atoms with Gasteiger partial charge in [-0.15, -0.1) is 0 Å². The van der Waals surface area contributed by atoms with Crippen LogP contribution in [0.2, 0.25) is 5.02 Å². The SMILES string of the molecule is CCC(C)(C(=O)Nc1ccc(Cl)cc1C)C(N)=S. The zero-order chi connectivity index (χ0) is 13.9. The molecule has 3 nitrogen and oxygen atoms in total. The minimum atomic E-state index is -0.832. The maximum Gasteiger partial charge on any atom is 0.237 e. The van der Waals surface area contributed by atoms with Crippen molar-refractivity contribution in [3.05, 3.63) is 28.8 Å². The van der Waals surface area contributed by atoms with E-state index < -0.39 is 5.41 Å². The molecule has 1 rings (SSSR count). The number of hydrogen-bond donors (Lipinski definition) is 2. The number of thiocarbonyl (C=S) groups is 1. The second kappa shape index (κ2) is 5.67. The van der Waals surface area contributed by atoms with Crippen molar-refractivity contribution >= 4 is 40.4 Å². The van der Waals surface area contributed by atoms with Gasteiger partial charge in [0.25, 0.3) is 0 Å². The van der Waals surface area contributed by atoms with Crippen LogP contribution < -0.4 is 11.1 Å². The lowest BCUT2D eigenvalue weighted by atomic mass is 9.86. The van der Waals surface area contributed by atoms with E-state index in [1.54, 1.807) is 25.1 Å². The van der Waals surface area contributed by atoms with Gasteiger partial charge in [0.05, 0.1) is 10.4 Å². The second-order valence-electron chi connectivity index (χ2n) is 4.46. The predicted octanol–water partition coefficient (Wildman–Crippen LogP) is 3.29. The van der Waals surface area contributed by atoms with E-state index in [0.717, 1.165) is 11.3 Å². The molecule has 0 saturated heterocycles. The van der Waals surface area contributed by atoms with Crippen LogP contribution in [0.4, 0.5) is 5.69 Å². The van der Waals surface area contributed by atoms with E-state index >= 15 is 0 Å². The molecule has 1 aromatic carbocycles. The third-order valence-corrected chi connectivity index (χ3v) is 3.87. The van der Waals surface area contributed by atoms with Crippen LogP contribution in [-0.4, -0.2) is 10.9 Å². The molecule has 0 aliphatic carbocycles. The molecule has 1 unspecified atom stereocenters. The van der Waals surface area contributed by atoms with Crippen LogP contribution >= 0.6 is 23.8 Å². The summed E-state index contributed by atoms with van der Waals surface area (Å²) in [6, 6.07) is 5.29. The van der Waals surface area contributed by atoms with Crippen molar-refractivity contribution in [3.63, 3.8) is 0 Å². The monoisotopic (exact) mass is 284 g/mol. The number of carbonyl (C=O) groups is 1. The number of nitrogens with two attached hydrogens (primary N) is 1. The summed E-state index contributed by atoms with van der Waals surface area (Å²) in [7, 11) is 0. The highest BCUT2D eigenvalue weighted by molar-refractivity contribution is 7.80. The normalized spacial score (nSPS) is 13.8. The highest BCUT2D eigenvalue weighted by Gasteiger charge is 2.34. The molecule has 0 aliphatic heterocycles.